The van der Waals surface area contributed by atoms with Gasteiger partial charge in [-0.25, -0.2) is 9.97 Å². The second-order valence-corrected chi connectivity index (χ2v) is 11.2. The highest BCUT2D eigenvalue weighted by molar-refractivity contribution is 7.17. The number of likely N-dealkylation sites (N-methyl/N-ethyl adjacent to an activating group) is 1. The Morgan fingerprint density at radius 3 is 2.68 bits per heavy atom. The van der Waals surface area contributed by atoms with Gasteiger partial charge in [-0.3, -0.25) is 14.9 Å². The number of ether oxygens (including phenoxy) is 1. The van der Waals surface area contributed by atoms with E-state index in [0.717, 1.165) is 44.9 Å². The Morgan fingerprint density at radius 2 is 1.97 bits per heavy atom. The molecule has 1 saturated heterocycles. The van der Waals surface area contributed by atoms with Crippen molar-refractivity contribution in [3.8, 4) is 27.6 Å². The molecule has 10 heteroatoms. The third-order valence-corrected chi connectivity index (χ3v) is 8.62. The van der Waals surface area contributed by atoms with Gasteiger partial charge in [-0.1, -0.05) is 24.6 Å². The van der Waals surface area contributed by atoms with Gasteiger partial charge < -0.3 is 15.0 Å². The first-order valence-electron chi connectivity index (χ1n) is 12.7. The Balaban J connectivity index is 1.32. The summed E-state index contributed by atoms with van der Waals surface area (Å²) in [6, 6.07) is 12.5. The first kappa shape index (κ1) is 24.7. The Labute approximate surface area is 228 Å². The van der Waals surface area contributed by atoms with Crippen LogP contribution in [0, 0.1) is 0 Å². The SMILES string of the molecule is CN(C1=CC(=O)NC1=O)c1nc(-c2cccs2)nc2scc(-c3ccc(OCCC4CCCCN4)cc3)c12. The van der Waals surface area contributed by atoms with E-state index in [0.29, 0.717) is 24.3 Å². The number of aromatic nitrogens is 2. The molecule has 6 rings (SSSR count). The zero-order chi connectivity index (χ0) is 26.1. The normalized spacial score (nSPS) is 17.5. The zero-order valence-electron chi connectivity index (χ0n) is 20.9. The van der Waals surface area contributed by atoms with E-state index in [1.165, 1.54) is 36.7 Å². The maximum absolute atomic E-state index is 12.5. The zero-order valence-corrected chi connectivity index (χ0v) is 22.5. The maximum Gasteiger partial charge on any atom is 0.274 e. The van der Waals surface area contributed by atoms with Gasteiger partial charge in [-0.15, -0.1) is 22.7 Å². The van der Waals surface area contributed by atoms with Crippen LogP contribution in [0.2, 0.25) is 0 Å². The summed E-state index contributed by atoms with van der Waals surface area (Å²) in [4.78, 5) is 37.5. The fourth-order valence-electron chi connectivity index (χ4n) is 4.88. The largest absolute Gasteiger partial charge is 0.494 e. The molecule has 1 unspecified atom stereocenters. The summed E-state index contributed by atoms with van der Waals surface area (Å²) in [5, 5.41) is 10.8. The van der Waals surface area contributed by atoms with Crippen LogP contribution in [-0.2, 0) is 9.59 Å². The molecule has 2 N–H and O–H groups in total. The standard InChI is InChI=1S/C28H27N5O3S2/c1-33(21-15-23(34)30-27(21)35)26-24-20(16-38-28(24)32-25(31-26)22-6-4-14-37-22)17-7-9-19(10-8-17)36-13-11-18-5-2-3-12-29-18/h4,6-10,14-16,18,29H,2-3,5,11-13H2,1H3,(H,30,34,35). The Morgan fingerprint density at radius 1 is 1.11 bits per heavy atom. The second kappa shape index (κ2) is 10.6. The van der Waals surface area contributed by atoms with Gasteiger partial charge in [-0.05, 0) is 54.9 Å². The van der Waals surface area contributed by atoms with Crippen molar-refractivity contribution in [1.29, 1.82) is 0 Å². The minimum Gasteiger partial charge on any atom is -0.494 e. The molecule has 0 saturated carbocycles. The average molecular weight is 546 g/mol. The van der Waals surface area contributed by atoms with Crippen molar-refractivity contribution in [2.24, 2.45) is 0 Å². The number of piperidine rings is 1. The third-order valence-electron chi connectivity index (χ3n) is 6.89. The number of nitrogens with one attached hydrogen (secondary N) is 2. The monoisotopic (exact) mass is 545 g/mol. The van der Waals surface area contributed by atoms with Gasteiger partial charge in [0.15, 0.2) is 5.82 Å². The highest BCUT2D eigenvalue weighted by Gasteiger charge is 2.28. The number of amides is 2. The molecule has 1 fully saturated rings. The van der Waals surface area contributed by atoms with E-state index in [2.05, 4.69) is 16.0 Å². The van der Waals surface area contributed by atoms with Gasteiger partial charge in [0.1, 0.15) is 22.1 Å². The van der Waals surface area contributed by atoms with Crippen LogP contribution in [-0.4, -0.2) is 48.0 Å². The lowest BCUT2D eigenvalue weighted by Crippen LogP contribution is -2.35. The van der Waals surface area contributed by atoms with Crippen molar-refractivity contribution < 1.29 is 14.3 Å². The Hall–Kier alpha value is -3.60. The number of hydrogen-bond acceptors (Lipinski definition) is 9. The minimum absolute atomic E-state index is 0.250. The second-order valence-electron chi connectivity index (χ2n) is 9.39. The molecule has 4 aromatic rings. The maximum atomic E-state index is 12.5. The Kier molecular flexibility index (Phi) is 6.92. The van der Waals surface area contributed by atoms with Crippen molar-refractivity contribution >= 4 is 50.5 Å². The predicted octanol–water partition coefficient (Wildman–Crippen LogP) is 4.97. The van der Waals surface area contributed by atoms with E-state index in [4.69, 9.17) is 14.7 Å². The fourth-order valence-corrected chi connectivity index (χ4v) is 6.48. The van der Waals surface area contributed by atoms with Gasteiger partial charge in [0, 0.05) is 30.1 Å². The van der Waals surface area contributed by atoms with E-state index >= 15 is 0 Å². The fraction of sp³-hybridized carbons (Fsp3) is 0.286. The smallest absolute Gasteiger partial charge is 0.274 e. The van der Waals surface area contributed by atoms with Gasteiger partial charge >= 0.3 is 0 Å². The molecule has 0 bridgehead atoms. The molecule has 1 atom stereocenters. The number of imide groups is 1. The van der Waals surface area contributed by atoms with Crippen LogP contribution in [0.4, 0.5) is 5.82 Å². The summed E-state index contributed by atoms with van der Waals surface area (Å²) >= 11 is 3.08. The molecule has 2 aliphatic rings. The first-order chi connectivity index (χ1) is 18.6. The molecule has 5 heterocycles. The molecular formula is C28H27N5O3S2. The molecule has 0 aliphatic carbocycles. The molecule has 1 aromatic carbocycles. The van der Waals surface area contributed by atoms with Crippen LogP contribution in [0.1, 0.15) is 25.7 Å². The highest BCUT2D eigenvalue weighted by Crippen LogP contribution is 2.41. The Bertz CT molecular complexity index is 1510. The number of benzene rings is 1. The van der Waals surface area contributed by atoms with Crippen LogP contribution < -0.4 is 20.3 Å². The van der Waals surface area contributed by atoms with Crippen molar-refractivity contribution in [3.05, 3.63) is 58.9 Å². The number of nitrogens with zero attached hydrogens (tertiary/aromatic N) is 3. The number of carbonyl (C=O) groups excluding carboxylic acids is 2. The number of thiophene rings is 2. The summed E-state index contributed by atoms with van der Waals surface area (Å²) < 4.78 is 6.02. The number of fused-ring (bicyclic) bond motifs is 1. The molecule has 194 valence electrons. The van der Waals surface area contributed by atoms with Gasteiger partial charge in [0.25, 0.3) is 11.8 Å². The molecule has 0 spiro atoms. The summed E-state index contributed by atoms with van der Waals surface area (Å²) in [6.07, 6.45) is 6.07. The summed E-state index contributed by atoms with van der Waals surface area (Å²) in [5.74, 6) is 1.13. The topological polar surface area (TPSA) is 96.5 Å². The lowest BCUT2D eigenvalue weighted by molar-refractivity contribution is -0.123. The average Bonchev–Trinajstić information content (AvgIpc) is 3.69. The molecule has 8 nitrogen and oxygen atoms in total. The highest BCUT2D eigenvalue weighted by atomic mass is 32.1. The number of rotatable bonds is 8. The number of anilines is 1. The van der Waals surface area contributed by atoms with Crippen molar-refractivity contribution in [2.45, 2.75) is 31.7 Å². The molecule has 3 aromatic heterocycles. The first-order valence-corrected chi connectivity index (χ1v) is 14.4. The van der Waals surface area contributed by atoms with Crippen molar-refractivity contribution in [1.82, 2.24) is 20.6 Å². The van der Waals surface area contributed by atoms with Crippen LogP contribution in [0.25, 0.3) is 32.0 Å². The van der Waals surface area contributed by atoms with Gasteiger partial charge in [-0.2, -0.15) is 0 Å². The van der Waals surface area contributed by atoms with E-state index in [9.17, 15) is 9.59 Å². The number of hydrogen-bond donors (Lipinski definition) is 2. The molecular weight excluding hydrogens is 518 g/mol. The van der Waals surface area contributed by atoms with Crippen LogP contribution >= 0.6 is 22.7 Å². The summed E-state index contributed by atoms with van der Waals surface area (Å²) in [7, 11) is 1.75. The van der Waals surface area contributed by atoms with Crippen molar-refractivity contribution in [2.75, 3.05) is 25.1 Å². The van der Waals surface area contributed by atoms with Gasteiger partial charge in [0.05, 0.1) is 16.9 Å². The molecule has 0 radical (unpaired) electrons. The van der Waals surface area contributed by atoms with Crippen LogP contribution in [0.3, 0.4) is 0 Å². The molecule has 2 amide bonds. The minimum atomic E-state index is -0.441. The van der Waals surface area contributed by atoms with E-state index in [1.807, 2.05) is 41.8 Å². The third kappa shape index (κ3) is 4.94. The van der Waals surface area contributed by atoms with Gasteiger partial charge in [0.2, 0.25) is 0 Å². The van der Waals surface area contributed by atoms with Crippen LogP contribution in [0.15, 0.2) is 58.9 Å². The van der Waals surface area contributed by atoms with Crippen LogP contribution in [0.5, 0.6) is 5.75 Å². The predicted molar refractivity (Wildman–Crippen MR) is 152 cm³/mol. The van der Waals surface area contributed by atoms with E-state index in [-0.39, 0.29) is 5.70 Å². The van der Waals surface area contributed by atoms with E-state index in [1.54, 1.807) is 23.3 Å². The molecule has 38 heavy (non-hydrogen) atoms. The van der Waals surface area contributed by atoms with E-state index < -0.39 is 11.8 Å². The summed E-state index contributed by atoms with van der Waals surface area (Å²) in [6.45, 7) is 1.78. The number of carbonyl (C=O) groups is 2. The van der Waals surface area contributed by atoms with Crippen molar-refractivity contribution in [3.63, 3.8) is 0 Å². The lowest BCUT2D eigenvalue weighted by atomic mass is 10.0. The quantitative estimate of drug-likeness (QED) is 0.302. The molecule has 2 aliphatic heterocycles. The summed E-state index contributed by atoms with van der Waals surface area (Å²) in [5.41, 5.74) is 2.22. The lowest BCUT2D eigenvalue weighted by Gasteiger charge is -2.23.